The van der Waals surface area contributed by atoms with E-state index in [2.05, 4.69) is 18.6 Å². The maximum Gasteiger partial charge on any atom is 0.240 e. The van der Waals surface area contributed by atoms with Crippen molar-refractivity contribution in [2.45, 2.75) is 31.6 Å². The van der Waals surface area contributed by atoms with E-state index in [1.54, 1.807) is 12.1 Å². The predicted molar refractivity (Wildman–Crippen MR) is 90.4 cm³/mol. The molecule has 0 bridgehead atoms. The Bertz CT molecular complexity index is 692. The fourth-order valence-electron chi connectivity index (χ4n) is 2.44. The summed E-state index contributed by atoms with van der Waals surface area (Å²) >= 11 is 0. The minimum atomic E-state index is -3.46. The largest absolute Gasteiger partial charge is 0.240 e. The highest BCUT2D eigenvalue weighted by Gasteiger charge is 2.20. The van der Waals surface area contributed by atoms with Gasteiger partial charge in [0.15, 0.2) is 0 Å². The van der Waals surface area contributed by atoms with Crippen LogP contribution in [0.3, 0.4) is 0 Å². The lowest BCUT2D eigenvalue weighted by Gasteiger charge is -2.22. The van der Waals surface area contributed by atoms with Crippen LogP contribution < -0.4 is 4.72 Å². The normalized spacial score (nSPS) is 13.3. The number of benzene rings is 2. The van der Waals surface area contributed by atoms with Crippen molar-refractivity contribution in [1.82, 2.24) is 4.72 Å². The van der Waals surface area contributed by atoms with E-state index >= 15 is 0 Å². The van der Waals surface area contributed by atoms with Crippen LogP contribution in [0.4, 0.5) is 0 Å². The zero-order valence-electron chi connectivity index (χ0n) is 13.3. The summed E-state index contributed by atoms with van der Waals surface area (Å²) < 4.78 is 27.5. The van der Waals surface area contributed by atoms with Crippen LogP contribution in [0.25, 0.3) is 0 Å². The van der Waals surface area contributed by atoms with Gasteiger partial charge in [-0.2, -0.15) is 0 Å². The monoisotopic (exact) mass is 317 g/mol. The molecule has 0 spiro atoms. The van der Waals surface area contributed by atoms with E-state index in [0.717, 1.165) is 11.1 Å². The first-order valence-electron chi connectivity index (χ1n) is 7.51. The molecule has 0 fully saturated rings. The van der Waals surface area contributed by atoms with E-state index in [-0.39, 0.29) is 5.92 Å². The smallest absolute Gasteiger partial charge is 0.211 e. The van der Waals surface area contributed by atoms with Gasteiger partial charge < -0.3 is 0 Å². The summed E-state index contributed by atoms with van der Waals surface area (Å²) in [7, 11) is -3.46. The van der Waals surface area contributed by atoms with Crippen molar-refractivity contribution in [2.75, 3.05) is 6.54 Å². The molecule has 4 heteroatoms. The lowest BCUT2D eigenvalue weighted by molar-refractivity contribution is 0.485. The summed E-state index contributed by atoms with van der Waals surface area (Å²) in [4.78, 5) is 0.314. The second-order valence-electron chi connectivity index (χ2n) is 5.93. The number of rotatable bonds is 6. The molecule has 1 N–H and O–H groups in total. The van der Waals surface area contributed by atoms with Crippen molar-refractivity contribution in [3.05, 3.63) is 65.7 Å². The number of hydrogen-bond donors (Lipinski definition) is 1. The second kappa shape index (κ2) is 7.07. The fourth-order valence-corrected chi connectivity index (χ4v) is 3.50. The van der Waals surface area contributed by atoms with Crippen LogP contribution in [0, 0.1) is 12.8 Å². The second-order valence-corrected chi connectivity index (χ2v) is 7.69. The molecule has 0 amide bonds. The number of aryl methyl sites for hydroxylation is 1. The SMILES string of the molecule is Cc1ccc(S(=O)(=O)NC[C@H](c2ccccc2)C(C)C)cc1. The average Bonchev–Trinajstić information content (AvgIpc) is 2.48. The van der Waals surface area contributed by atoms with Gasteiger partial charge in [0.25, 0.3) is 0 Å². The van der Waals surface area contributed by atoms with Gasteiger partial charge in [0.2, 0.25) is 10.0 Å². The lowest BCUT2D eigenvalue weighted by Crippen LogP contribution is -2.30. The molecule has 0 saturated carbocycles. The van der Waals surface area contributed by atoms with Gasteiger partial charge in [-0.05, 0) is 36.5 Å². The molecule has 0 aliphatic rings. The molecule has 118 valence electrons. The Morgan fingerprint density at radius 3 is 2.09 bits per heavy atom. The summed E-state index contributed by atoms with van der Waals surface area (Å²) in [6.07, 6.45) is 0. The van der Waals surface area contributed by atoms with E-state index in [4.69, 9.17) is 0 Å². The molecule has 1 atom stereocenters. The van der Waals surface area contributed by atoms with Gasteiger partial charge in [-0.3, -0.25) is 0 Å². The zero-order chi connectivity index (χ0) is 16.2. The Morgan fingerprint density at radius 1 is 0.955 bits per heavy atom. The van der Waals surface area contributed by atoms with Crippen molar-refractivity contribution < 1.29 is 8.42 Å². The highest BCUT2D eigenvalue weighted by molar-refractivity contribution is 7.89. The maximum absolute atomic E-state index is 12.4. The Hall–Kier alpha value is -1.65. The summed E-state index contributed by atoms with van der Waals surface area (Å²) in [5, 5.41) is 0. The van der Waals surface area contributed by atoms with Crippen LogP contribution in [0.5, 0.6) is 0 Å². The molecule has 0 aliphatic carbocycles. The molecule has 0 saturated heterocycles. The molecule has 22 heavy (non-hydrogen) atoms. The topological polar surface area (TPSA) is 46.2 Å². The first-order chi connectivity index (χ1) is 10.4. The third-order valence-electron chi connectivity index (χ3n) is 3.86. The Morgan fingerprint density at radius 2 is 1.55 bits per heavy atom. The van der Waals surface area contributed by atoms with E-state index in [0.29, 0.717) is 17.4 Å². The quantitative estimate of drug-likeness (QED) is 0.882. The first-order valence-corrected chi connectivity index (χ1v) is 9.00. The molecule has 2 aromatic rings. The highest BCUT2D eigenvalue weighted by atomic mass is 32.2. The molecule has 0 heterocycles. The van der Waals surface area contributed by atoms with E-state index in [1.165, 1.54) is 0 Å². The van der Waals surface area contributed by atoms with Crippen LogP contribution in [0.15, 0.2) is 59.5 Å². The van der Waals surface area contributed by atoms with E-state index in [1.807, 2.05) is 49.4 Å². The fraction of sp³-hybridized carbons (Fsp3) is 0.333. The molecule has 0 aromatic heterocycles. The van der Waals surface area contributed by atoms with Crippen molar-refractivity contribution >= 4 is 10.0 Å². The van der Waals surface area contributed by atoms with E-state index < -0.39 is 10.0 Å². The Labute approximate surface area is 133 Å². The number of hydrogen-bond acceptors (Lipinski definition) is 2. The summed E-state index contributed by atoms with van der Waals surface area (Å²) in [5.74, 6) is 0.504. The first kappa shape index (κ1) is 16.7. The van der Waals surface area contributed by atoms with Crippen molar-refractivity contribution in [3.63, 3.8) is 0 Å². The predicted octanol–water partition coefficient (Wildman–Crippen LogP) is 3.71. The third-order valence-corrected chi connectivity index (χ3v) is 5.30. The van der Waals surface area contributed by atoms with Gasteiger partial charge in [0, 0.05) is 6.54 Å². The highest BCUT2D eigenvalue weighted by Crippen LogP contribution is 2.24. The number of sulfonamides is 1. The molecule has 0 aliphatic heterocycles. The lowest BCUT2D eigenvalue weighted by atomic mass is 9.89. The maximum atomic E-state index is 12.4. The van der Waals surface area contributed by atoms with Crippen LogP contribution in [-0.2, 0) is 10.0 Å². The molecule has 2 aromatic carbocycles. The van der Waals surface area contributed by atoms with Crippen molar-refractivity contribution in [2.24, 2.45) is 5.92 Å². The Balaban J connectivity index is 2.14. The van der Waals surface area contributed by atoms with Gasteiger partial charge in [-0.1, -0.05) is 61.9 Å². The molecule has 0 radical (unpaired) electrons. The third kappa shape index (κ3) is 4.18. The molecular formula is C18H23NO2S. The van der Waals surface area contributed by atoms with Crippen LogP contribution in [0.2, 0.25) is 0 Å². The van der Waals surface area contributed by atoms with Gasteiger partial charge in [0.05, 0.1) is 4.90 Å². The number of nitrogens with one attached hydrogen (secondary N) is 1. The summed E-state index contributed by atoms with van der Waals surface area (Å²) in [5.41, 5.74) is 2.20. The standard InChI is InChI=1S/C18H23NO2S/c1-14(2)18(16-7-5-4-6-8-16)13-19-22(20,21)17-11-9-15(3)10-12-17/h4-12,14,18-19H,13H2,1-3H3/t18-/m0/s1. The minimum Gasteiger partial charge on any atom is -0.211 e. The average molecular weight is 317 g/mol. The van der Waals surface area contributed by atoms with Gasteiger partial charge in [0.1, 0.15) is 0 Å². The van der Waals surface area contributed by atoms with Gasteiger partial charge in [-0.15, -0.1) is 0 Å². The van der Waals surface area contributed by atoms with Gasteiger partial charge in [-0.25, -0.2) is 13.1 Å². The van der Waals surface area contributed by atoms with Crippen LogP contribution in [0.1, 0.15) is 30.9 Å². The van der Waals surface area contributed by atoms with E-state index in [9.17, 15) is 8.42 Å². The minimum absolute atomic E-state index is 0.154. The molecular weight excluding hydrogens is 294 g/mol. The van der Waals surface area contributed by atoms with Crippen molar-refractivity contribution in [1.29, 1.82) is 0 Å². The summed E-state index contributed by atoms with van der Waals surface area (Å²) in [6.45, 7) is 6.56. The van der Waals surface area contributed by atoms with Crippen molar-refractivity contribution in [3.8, 4) is 0 Å². The molecule has 0 unspecified atom stereocenters. The van der Waals surface area contributed by atoms with Crippen LogP contribution >= 0.6 is 0 Å². The van der Waals surface area contributed by atoms with Gasteiger partial charge >= 0.3 is 0 Å². The Kier molecular flexibility index (Phi) is 5.37. The molecule has 2 rings (SSSR count). The van der Waals surface area contributed by atoms with Crippen LogP contribution in [-0.4, -0.2) is 15.0 Å². The molecule has 3 nitrogen and oxygen atoms in total. The summed E-state index contributed by atoms with van der Waals surface area (Å²) in [6, 6.07) is 16.9. The zero-order valence-corrected chi connectivity index (χ0v) is 14.1.